The Hall–Kier alpha value is -3.62. The Morgan fingerprint density at radius 3 is 2.20 bits per heavy atom. The fourth-order valence-electron chi connectivity index (χ4n) is 2.85. The smallest absolute Gasteiger partial charge is 0.414 e. The number of ether oxygens (including phenoxy) is 1. The highest BCUT2D eigenvalue weighted by Crippen LogP contribution is 2.18. The van der Waals surface area contributed by atoms with Gasteiger partial charge in [0.05, 0.1) is 0 Å². The van der Waals surface area contributed by atoms with E-state index in [1.807, 2.05) is 48.5 Å². The number of carbonyl (C=O) groups is 3. The molecule has 2 aromatic rings. The Morgan fingerprint density at radius 2 is 1.63 bits per heavy atom. The molecule has 0 radical (unpaired) electrons. The summed E-state index contributed by atoms with van der Waals surface area (Å²) >= 11 is 0. The third kappa shape index (κ3) is 8.17. The number of carbonyl (C=O) groups excluding carboxylic acids is 1. The van der Waals surface area contributed by atoms with E-state index in [1.54, 1.807) is 11.1 Å². The molecule has 0 spiro atoms. The number of aromatic nitrogens is 1. The molecule has 0 atom stereocenters. The Bertz CT molecular complexity index is 796. The summed E-state index contributed by atoms with van der Waals surface area (Å²) in [5, 5.41) is 18.1. The van der Waals surface area contributed by atoms with Gasteiger partial charge in [0.15, 0.2) is 0 Å². The second-order valence-corrected chi connectivity index (χ2v) is 6.68. The van der Waals surface area contributed by atoms with Crippen LogP contribution in [-0.4, -0.2) is 57.8 Å². The van der Waals surface area contributed by atoms with Crippen molar-refractivity contribution in [1.82, 2.24) is 9.88 Å². The summed E-state index contributed by atoms with van der Waals surface area (Å²) in [6.45, 7) is 2.73. The van der Waals surface area contributed by atoms with Gasteiger partial charge in [-0.05, 0) is 36.5 Å². The van der Waals surface area contributed by atoms with Gasteiger partial charge in [-0.3, -0.25) is 0 Å². The summed E-state index contributed by atoms with van der Waals surface area (Å²) in [6.07, 6.45) is 3.55. The Labute approximate surface area is 174 Å². The summed E-state index contributed by atoms with van der Waals surface area (Å²) in [5.41, 5.74) is 1.01. The Kier molecular flexibility index (Phi) is 9.11. The first-order chi connectivity index (χ1) is 14.5. The molecule has 1 amide bonds. The van der Waals surface area contributed by atoms with Gasteiger partial charge in [-0.25, -0.2) is 19.4 Å². The van der Waals surface area contributed by atoms with Gasteiger partial charge in [-0.15, -0.1) is 0 Å². The molecule has 0 unspecified atom stereocenters. The number of anilines is 1. The molecule has 3 N–H and O–H groups in total. The second-order valence-electron chi connectivity index (χ2n) is 6.68. The van der Waals surface area contributed by atoms with E-state index in [4.69, 9.17) is 24.5 Å². The highest BCUT2D eigenvalue weighted by atomic mass is 16.6. The highest BCUT2D eigenvalue weighted by molar-refractivity contribution is 6.27. The van der Waals surface area contributed by atoms with Crippen LogP contribution in [0.3, 0.4) is 0 Å². The Morgan fingerprint density at radius 1 is 1.00 bits per heavy atom. The van der Waals surface area contributed by atoms with E-state index in [-0.39, 0.29) is 6.09 Å². The molecular formula is C21H25N3O6. The standard InChI is InChI=1S/C19H23N3O2.C2H2O4/c23-19(24-15-17-6-2-1-3-7-17)22-12-9-16(10-13-22)14-21-18-8-4-5-11-20-18;3-1(4)2(5)6/h1-8,11,16H,9-10,12-15H2,(H,20,21);(H,3,4)(H,5,6). The van der Waals surface area contributed by atoms with E-state index < -0.39 is 11.9 Å². The van der Waals surface area contributed by atoms with E-state index in [0.717, 1.165) is 43.9 Å². The summed E-state index contributed by atoms with van der Waals surface area (Å²) < 4.78 is 5.39. The van der Waals surface area contributed by atoms with Gasteiger partial charge in [0, 0.05) is 25.8 Å². The van der Waals surface area contributed by atoms with Crippen LogP contribution in [0, 0.1) is 5.92 Å². The van der Waals surface area contributed by atoms with E-state index in [2.05, 4.69) is 10.3 Å². The number of benzene rings is 1. The van der Waals surface area contributed by atoms with Crippen molar-refractivity contribution < 1.29 is 29.3 Å². The van der Waals surface area contributed by atoms with Crippen LogP contribution in [0.4, 0.5) is 10.6 Å². The number of hydrogen-bond acceptors (Lipinski definition) is 6. The maximum absolute atomic E-state index is 12.1. The van der Waals surface area contributed by atoms with Crippen molar-refractivity contribution in [3.8, 4) is 0 Å². The first kappa shape index (κ1) is 22.7. The number of carboxylic acids is 2. The lowest BCUT2D eigenvalue weighted by molar-refractivity contribution is -0.159. The molecule has 1 aromatic carbocycles. The Balaban J connectivity index is 0.000000469. The van der Waals surface area contributed by atoms with Crippen LogP contribution in [0.5, 0.6) is 0 Å². The first-order valence-corrected chi connectivity index (χ1v) is 9.52. The molecule has 9 nitrogen and oxygen atoms in total. The fourth-order valence-corrected chi connectivity index (χ4v) is 2.85. The number of nitrogens with zero attached hydrogens (tertiary/aromatic N) is 2. The topological polar surface area (TPSA) is 129 Å². The third-order valence-electron chi connectivity index (χ3n) is 4.50. The molecule has 1 saturated heterocycles. The normalized spacial score (nSPS) is 13.5. The average Bonchev–Trinajstić information content (AvgIpc) is 2.78. The molecule has 0 bridgehead atoms. The van der Waals surface area contributed by atoms with Crippen molar-refractivity contribution in [2.24, 2.45) is 5.92 Å². The molecule has 1 aliphatic rings. The molecule has 0 aliphatic carbocycles. The molecule has 0 saturated carbocycles. The largest absolute Gasteiger partial charge is 0.473 e. The summed E-state index contributed by atoms with van der Waals surface area (Å²) in [4.78, 5) is 36.4. The molecule has 9 heteroatoms. The van der Waals surface area contributed by atoms with E-state index in [9.17, 15) is 4.79 Å². The molecule has 1 fully saturated rings. The number of rotatable bonds is 5. The molecule has 3 rings (SSSR count). The van der Waals surface area contributed by atoms with Gasteiger partial charge in [0.25, 0.3) is 0 Å². The number of carboxylic acid groups (broad SMARTS) is 2. The number of amides is 1. The van der Waals surface area contributed by atoms with E-state index in [0.29, 0.717) is 12.5 Å². The zero-order valence-electron chi connectivity index (χ0n) is 16.4. The monoisotopic (exact) mass is 415 g/mol. The van der Waals surface area contributed by atoms with Crippen LogP contribution < -0.4 is 5.32 Å². The van der Waals surface area contributed by atoms with Crippen LogP contribution in [-0.2, 0) is 20.9 Å². The average molecular weight is 415 g/mol. The van der Waals surface area contributed by atoms with Crippen molar-refractivity contribution >= 4 is 23.8 Å². The van der Waals surface area contributed by atoms with Crippen molar-refractivity contribution in [2.45, 2.75) is 19.4 Å². The third-order valence-corrected chi connectivity index (χ3v) is 4.50. The first-order valence-electron chi connectivity index (χ1n) is 9.52. The van der Waals surface area contributed by atoms with Crippen LogP contribution in [0.1, 0.15) is 18.4 Å². The van der Waals surface area contributed by atoms with E-state index >= 15 is 0 Å². The maximum Gasteiger partial charge on any atom is 0.414 e. The van der Waals surface area contributed by atoms with Crippen molar-refractivity contribution in [2.75, 3.05) is 25.0 Å². The van der Waals surface area contributed by atoms with Gasteiger partial charge >= 0.3 is 18.0 Å². The van der Waals surface area contributed by atoms with Crippen LogP contribution in [0.25, 0.3) is 0 Å². The summed E-state index contributed by atoms with van der Waals surface area (Å²) in [5.74, 6) is -2.18. The lowest BCUT2D eigenvalue weighted by Gasteiger charge is -2.31. The minimum Gasteiger partial charge on any atom is -0.473 e. The van der Waals surface area contributed by atoms with Gasteiger partial charge in [0.1, 0.15) is 12.4 Å². The maximum atomic E-state index is 12.1. The summed E-state index contributed by atoms with van der Waals surface area (Å²) in [7, 11) is 0. The van der Waals surface area contributed by atoms with Crippen LogP contribution in [0.2, 0.25) is 0 Å². The predicted molar refractivity (Wildman–Crippen MR) is 109 cm³/mol. The lowest BCUT2D eigenvalue weighted by Crippen LogP contribution is -2.40. The highest BCUT2D eigenvalue weighted by Gasteiger charge is 2.23. The van der Waals surface area contributed by atoms with Gasteiger partial charge in [-0.2, -0.15) is 0 Å². The SMILES string of the molecule is O=C(O)C(=O)O.O=C(OCc1ccccc1)N1CCC(CNc2ccccn2)CC1. The lowest BCUT2D eigenvalue weighted by atomic mass is 9.97. The molecule has 160 valence electrons. The van der Waals surface area contributed by atoms with Crippen molar-refractivity contribution in [3.05, 3.63) is 60.3 Å². The van der Waals surface area contributed by atoms with Crippen LogP contribution in [0.15, 0.2) is 54.7 Å². The zero-order chi connectivity index (χ0) is 21.8. The molecule has 1 aliphatic heterocycles. The van der Waals surface area contributed by atoms with E-state index in [1.165, 1.54) is 0 Å². The number of pyridine rings is 1. The predicted octanol–water partition coefficient (Wildman–Crippen LogP) is 2.70. The fraction of sp³-hybridized carbons (Fsp3) is 0.333. The van der Waals surface area contributed by atoms with Crippen molar-refractivity contribution in [3.63, 3.8) is 0 Å². The van der Waals surface area contributed by atoms with Gasteiger partial charge in [-0.1, -0.05) is 36.4 Å². The summed E-state index contributed by atoms with van der Waals surface area (Å²) in [6, 6.07) is 15.6. The molecular weight excluding hydrogens is 390 g/mol. The minimum atomic E-state index is -1.82. The number of piperidine rings is 1. The molecule has 1 aromatic heterocycles. The molecule has 2 heterocycles. The number of hydrogen-bond donors (Lipinski definition) is 3. The number of nitrogens with one attached hydrogen (secondary N) is 1. The quantitative estimate of drug-likeness (QED) is 0.636. The van der Waals surface area contributed by atoms with Gasteiger partial charge in [0.2, 0.25) is 0 Å². The van der Waals surface area contributed by atoms with Crippen molar-refractivity contribution in [1.29, 1.82) is 0 Å². The molecule has 30 heavy (non-hydrogen) atoms. The van der Waals surface area contributed by atoms with Crippen LogP contribution >= 0.6 is 0 Å². The number of aliphatic carboxylic acids is 2. The number of likely N-dealkylation sites (tertiary alicyclic amines) is 1. The minimum absolute atomic E-state index is 0.213. The zero-order valence-corrected chi connectivity index (χ0v) is 16.4. The second kappa shape index (κ2) is 12.1. The van der Waals surface area contributed by atoms with Gasteiger partial charge < -0.3 is 25.2 Å².